The smallest absolute Gasteiger partial charge is 0.422 e. The molecule has 0 saturated heterocycles. The van der Waals surface area contributed by atoms with Gasteiger partial charge in [-0.2, -0.15) is 13.2 Å². The van der Waals surface area contributed by atoms with Crippen LogP contribution in [0.5, 0.6) is 5.75 Å². The Morgan fingerprint density at radius 2 is 1.41 bits per heavy atom. The molecule has 0 N–H and O–H groups in total. The van der Waals surface area contributed by atoms with Gasteiger partial charge in [-0.05, 0) is 72.8 Å². The fraction of sp³-hybridized carbons (Fsp3) is 0.478. The lowest BCUT2D eigenvalue weighted by Gasteiger charge is -2.28. The molecule has 0 unspecified atom stereocenters. The Morgan fingerprint density at radius 3 is 1.93 bits per heavy atom. The van der Waals surface area contributed by atoms with Gasteiger partial charge in [-0.25, -0.2) is 0 Å². The van der Waals surface area contributed by atoms with E-state index in [4.69, 9.17) is 4.74 Å². The number of ether oxygens (including phenoxy) is 1. The van der Waals surface area contributed by atoms with Crippen molar-refractivity contribution in [2.75, 3.05) is 6.61 Å². The minimum Gasteiger partial charge on any atom is -0.484 e. The average Bonchev–Trinajstić information content (AvgIpc) is 2.68. The molecule has 2 aromatic rings. The largest absolute Gasteiger partial charge is 0.484 e. The van der Waals surface area contributed by atoms with Gasteiger partial charge in [0.25, 0.3) is 0 Å². The summed E-state index contributed by atoms with van der Waals surface area (Å²) in [4.78, 5) is 0. The van der Waals surface area contributed by atoms with Crippen molar-refractivity contribution >= 4 is 0 Å². The zero-order valence-electron chi connectivity index (χ0n) is 15.8. The van der Waals surface area contributed by atoms with Crippen molar-refractivity contribution in [3.8, 4) is 5.75 Å². The van der Waals surface area contributed by atoms with E-state index in [2.05, 4.69) is 31.2 Å². The second-order valence-corrected chi connectivity index (χ2v) is 7.59. The summed E-state index contributed by atoms with van der Waals surface area (Å²) in [6.45, 7) is 1.03. The summed E-state index contributed by atoms with van der Waals surface area (Å²) < 4.78 is 41.3. The van der Waals surface area contributed by atoms with E-state index in [1.165, 1.54) is 43.2 Å². The maximum Gasteiger partial charge on any atom is 0.422 e. The van der Waals surface area contributed by atoms with E-state index in [0.717, 1.165) is 17.9 Å². The second kappa shape index (κ2) is 8.81. The highest BCUT2D eigenvalue weighted by atomic mass is 19.4. The van der Waals surface area contributed by atoms with Crippen LogP contribution in [0.1, 0.15) is 61.6 Å². The third-order valence-corrected chi connectivity index (χ3v) is 5.61. The molecule has 0 spiro atoms. The topological polar surface area (TPSA) is 9.23 Å². The van der Waals surface area contributed by atoms with Gasteiger partial charge < -0.3 is 4.74 Å². The molecule has 4 heteroatoms. The van der Waals surface area contributed by atoms with Gasteiger partial charge in [0.1, 0.15) is 5.75 Å². The molecular formula is C23H27F3O. The lowest BCUT2D eigenvalue weighted by atomic mass is 9.78. The molecule has 1 aliphatic rings. The molecule has 0 heterocycles. The van der Waals surface area contributed by atoms with E-state index in [9.17, 15) is 13.2 Å². The number of alkyl halides is 3. The van der Waals surface area contributed by atoms with E-state index in [0.29, 0.717) is 5.92 Å². The van der Waals surface area contributed by atoms with Gasteiger partial charge in [-0.15, -0.1) is 0 Å². The van der Waals surface area contributed by atoms with Crippen LogP contribution in [0.4, 0.5) is 13.2 Å². The molecule has 0 bridgehead atoms. The minimum atomic E-state index is -4.31. The third kappa shape index (κ3) is 6.02. The van der Waals surface area contributed by atoms with E-state index >= 15 is 0 Å². The van der Waals surface area contributed by atoms with Crippen LogP contribution in [0.15, 0.2) is 48.5 Å². The van der Waals surface area contributed by atoms with Crippen LogP contribution in [0.25, 0.3) is 0 Å². The molecule has 0 aromatic heterocycles. The summed E-state index contributed by atoms with van der Waals surface area (Å²) in [7, 11) is 0. The van der Waals surface area contributed by atoms with Gasteiger partial charge in [0, 0.05) is 0 Å². The second-order valence-electron chi connectivity index (χ2n) is 7.59. The molecule has 1 nitrogen and oxygen atoms in total. The number of halogens is 3. The lowest BCUT2D eigenvalue weighted by molar-refractivity contribution is -0.153. The molecule has 1 saturated carbocycles. The van der Waals surface area contributed by atoms with Crippen LogP contribution in [0, 0.1) is 5.92 Å². The minimum absolute atomic E-state index is 0.245. The summed E-state index contributed by atoms with van der Waals surface area (Å²) in [5.41, 5.74) is 3.71. The van der Waals surface area contributed by atoms with Crippen molar-refractivity contribution in [3.05, 3.63) is 65.2 Å². The van der Waals surface area contributed by atoms with Crippen molar-refractivity contribution in [1.82, 2.24) is 0 Å². The average molecular weight is 376 g/mol. The van der Waals surface area contributed by atoms with E-state index < -0.39 is 12.8 Å². The monoisotopic (exact) mass is 376 g/mol. The highest BCUT2D eigenvalue weighted by molar-refractivity contribution is 5.33. The quantitative estimate of drug-likeness (QED) is 0.533. The molecule has 0 radical (unpaired) electrons. The fourth-order valence-corrected chi connectivity index (χ4v) is 3.92. The molecule has 0 amide bonds. The highest BCUT2D eigenvalue weighted by Crippen LogP contribution is 2.37. The zero-order chi connectivity index (χ0) is 19.3. The molecule has 2 aromatic carbocycles. The Kier molecular flexibility index (Phi) is 6.46. The number of benzene rings is 2. The lowest BCUT2D eigenvalue weighted by Crippen LogP contribution is -2.19. The van der Waals surface area contributed by atoms with Crippen molar-refractivity contribution in [2.24, 2.45) is 5.92 Å². The summed E-state index contributed by atoms with van der Waals surface area (Å²) >= 11 is 0. The predicted molar refractivity (Wildman–Crippen MR) is 102 cm³/mol. The first kappa shape index (κ1) is 19.8. The number of hydrogen-bond acceptors (Lipinski definition) is 1. The van der Waals surface area contributed by atoms with Gasteiger partial charge in [0.05, 0.1) is 0 Å². The fourth-order valence-electron chi connectivity index (χ4n) is 3.92. The van der Waals surface area contributed by atoms with Gasteiger partial charge in [0.15, 0.2) is 6.61 Å². The van der Waals surface area contributed by atoms with E-state index in [-0.39, 0.29) is 5.75 Å². The highest BCUT2D eigenvalue weighted by Gasteiger charge is 2.28. The standard InChI is InChI=1S/C23H27F3O/c1-2-17-3-9-20(10-4-17)21-11-5-18(6-12-21)15-19-7-13-22(14-8-19)27-16-23(24,25)26/h5-8,11-14,17,20H,2-4,9-10,15-16H2,1H3. The maximum absolute atomic E-state index is 12.2. The first-order valence-electron chi connectivity index (χ1n) is 9.80. The van der Waals surface area contributed by atoms with Crippen molar-refractivity contribution < 1.29 is 17.9 Å². The predicted octanol–water partition coefficient (Wildman–Crippen LogP) is 6.90. The van der Waals surface area contributed by atoms with E-state index in [1.807, 2.05) is 12.1 Å². The van der Waals surface area contributed by atoms with Crippen molar-refractivity contribution in [3.63, 3.8) is 0 Å². The Morgan fingerprint density at radius 1 is 0.852 bits per heavy atom. The molecule has 1 aliphatic carbocycles. The van der Waals surface area contributed by atoms with Crippen LogP contribution in [0.2, 0.25) is 0 Å². The van der Waals surface area contributed by atoms with Gasteiger partial charge in [0.2, 0.25) is 0 Å². The Balaban J connectivity index is 1.54. The normalized spacial score (nSPS) is 20.4. The molecule has 0 aliphatic heterocycles. The maximum atomic E-state index is 12.2. The Labute approximate surface area is 159 Å². The summed E-state index contributed by atoms with van der Waals surface area (Å²) in [6.07, 6.45) is 3.01. The van der Waals surface area contributed by atoms with Crippen molar-refractivity contribution in [1.29, 1.82) is 0 Å². The number of hydrogen-bond donors (Lipinski definition) is 0. The summed E-state index contributed by atoms with van der Waals surface area (Å²) in [5.74, 6) is 1.84. The first-order chi connectivity index (χ1) is 12.9. The summed E-state index contributed by atoms with van der Waals surface area (Å²) in [5, 5.41) is 0. The van der Waals surface area contributed by atoms with Crippen LogP contribution in [0.3, 0.4) is 0 Å². The molecule has 1 fully saturated rings. The first-order valence-corrected chi connectivity index (χ1v) is 9.80. The molecule has 3 rings (SSSR count). The Hall–Kier alpha value is -1.97. The SMILES string of the molecule is CCC1CCC(c2ccc(Cc3ccc(OCC(F)(F)F)cc3)cc2)CC1. The van der Waals surface area contributed by atoms with Crippen LogP contribution < -0.4 is 4.74 Å². The molecule has 0 atom stereocenters. The van der Waals surface area contributed by atoms with Crippen LogP contribution in [-0.4, -0.2) is 12.8 Å². The van der Waals surface area contributed by atoms with E-state index in [1.54, 1.807) is 12.1 Å². The van der Waals surface area contributed by atoms with Crippen LogP contribution >= 0.6 is 0 Å². The zero-order valence-corrected chi connectivity index (χ0v) is 15.8. The molecule has 146 valence electrons. The molecular weight excluding hydrogens is 349 g/mol. The summed E-state index contributed by atoms with van der Waals surface area (Å²) in [6, 6.07) is 15.7. The van der Waals surface area contributed by atoms with Gasteiger partial charge in [-0.1, -0.05) is 49.7 Å². The molecule has 27 heavy (non-hydrogen) atoms. The third-order valence-electron chi connectivity index (χ3n) is 5.61. The van der Waals surface area contributed by atoms with Gasteiger partial charge in [-0.3, -0.25) is 0 Å². The number of rotatable bonds is 6. The van der Waals surface area contributed by atoms with Gasteiger partial charge >= 0.3 is 6.18 Å². The Bertz CT molecular complexity index is 696. The van der Waals surface area contributed by atoms with Crippen LogP contribution in [-0.2, 0) is 6.42 Å². The van der Waals surface area contributed by atoms with Crippen molar-refractivity contribution in [2.45, 2.75) is 57.5 Å².